The molecule has 0 aliphatic carbocycles. The molecule has 1 atom stereocenters. The van der Waals surface area contributed by atoms with E-state index in [1.54, 1.807) is 26.2 Å². The fourth-order valence-electron chi connectivity index (χ4n) is 2.31. The summed E-state index contributed by atoms with van der Waals surface area (Å²) in [6, 6.07) is 10.8. The molecule has 0 saturated heterocycles. The molecule has 2 aromatic rings. The van der Waals surface area contributed by atoms with E-state index < -0.39 is 12.1 Å². The number of carbonyl (C=O) groups excluding carboxylic acids is 2. The highest BCUT2D eigenvalue weighted by molar-refractivity contribution is 6.06. The minimum absolute atomic E-state index is 0.00883. The summed E-state index contributed by atoms with van der Waals surface area (Å²) in [5.74, 6) is -0.163. The zero-order valence-corrected chi connectivity index (χ0v) is 13.8. The monoisotopic (exact) mass is 315 g/mol. The molecule has 0 spiro atoms. The second-order valence-corrected chi connectivity index (χ2v) is 5.57. The van der Waals surface area contributed by atoms with Crippen LogP contribution in [0.2, 0.25) is 0 Å². The SMILES string of the molecule is COc1ccc(C(=O)O[C@@H](C)C(=O)NC(C)C)c2ccccc12. The second-order valence-electron chi connectivity index (χ2n) is 5.57. The highest BCUT2D eigenvalue weighted by Gasteiger charge is 2.21. The Hall–Kier alpha value is -2.56. The Bertz CT molecular complexity index is 724. The van der Waals surface area contributed by atoms with Crippen molar-refractivity contribution in [2.75, 3.05) is 7.11 Å². The maximum atomic E-state index is 12.4. The third kappa shape index (κ3) is 3.80. The lowest BCUT2D eigenvalue weighted by molar-refractivity contribution is -0.129. The van der Waals surface area contributed by atoms with Crippen LogP contribution in [-0.4, -0.2) is 31.1 Å². The summed E-state index contributed by atoms with van der Waals surface area (Å²) < 4.78 is 10.6. The lowest BCUT2D eigenvalue weighted by Crippen LogP contribution is -2.39. The van der Waals surface area contributed by atoms with Gasteiger partial charge in [-0.15, -0.1) is 0 Å². The van der Waals surface area contributed by atoms with Gasteiger partial charge in [0.05, 0.1) is 12.7 Å². The van der Waals surface area contributed by atoms with Gasteiger partial charge in [-0.25, -0.2) is 4.79 Å². The lowest BCUT2D eigenvalue weighted by atomic mass is 10.0. The molecular formula is C18H21NO4. The highest BCUT2D eigenvalue weighted by atomic mass is 16.5. The molecule has 0 heterocycles. The van der Waals surface area contributed by atoms with Gasteiger partial charge in [0.2, 0.25) is 0 Å². The van der Waals surface area contributed by atoms with E-state index in [1.807, 2.05) is 38.1 Å². The molecule has 122 valence electrons. The second kappa shape index (κ2) is 7.13. The van der Waals surface area contributed by atoms with Gasteiger partial charge < -0.3 is 14.8 Å². The molecule has 0 aliphatic heterocycles. The molecule has 5 nitrogen and oxygen atoms in total. The summed E-state index contributed by atoms with van der Waals surface area (Å²) in [6.07, 6.45) is -0.856. The van der Waals surface area contributed by atoms with Crippen LogP contribution >= 0.6 is 0 Å². The summed E-state index contributed by atoms with van der Waals surface area (Å²) in [4.78, 5) is 24.3. The van der Waals surface area contributed by atoms with Gasteiger partial charge in [-0.2, -0.15) is 0 Å². The van der Waals surface area contributed by atoms with Crippen LogP contribution in [0, 0.1) is 0 Å². The number of fused-ring (bicyclic) bond motifs is 1. The van der Waals surface area contributed by atoms with Crippen molar-refractivity contribution in [3.63, 3.8) is 0 Å². The van der Waals surface area contributed by atoms with Crippen molar-refractivity contribution in [3.05, 3.63) is 42.0 Å². The smallest absolute Gasteiger partial charge is 0.339 e. The third-order valence-corrected chi connectivity index (χ3v) is 3.41. The number of benzene rings is 2. The predicted octanol–water partition coefficient (Wildman–Crippen LogP) is 2.92. The quantitative estimate of drug-likeness (QED) is 0.862. The lowest BCUT2D eigenvalue weighted by Gasteiger charge is -2.16. The minimum Gasteiger partial charge on any atom is -0.496 e. The average molecular weight is 315 g/mol. The van der Waals surface area contributed by atoms with Gasteiger partial charge in [-0.1, -0.05) is 24.3 Å². The predicted molar refractivity (Wildman–Crippen MR) is 88.7 cm³/mol. The van der Waals surface area contributed by atoms with Crippen LogP contribution < -0.4 is 10.1 Å². The van der Waals surface area contributed by atoms with Gasteiger partial charge in [0.1, 0.15) is 5.75 Å². The molecule has 0 aliphatic rings. The van der Waals surface area contributed by atoms with Crippen LogP contribution in [0.25, 0.3) is 10.8 Å². The van der Waals surface area contributed by atoms with E-state index in [0.717, 1.165) is 10.8 Å². The van der Waals surface area contributed by atoms with E-state index in [2.05, 4.69) is 5.32 Å². The molecule has 0 saturated carbocycles. The molecule has 0 fully saturated rings. The zero-order chi connectivity index (χ0) is 17.0. The number of methoxy groups -OCH3 is 1. The number of esters is 1. The maximum absolute atomic E-state index is 12.4. The Morgan fingerprint density at radius 1 is 1.00 bits per heavy atom. The van der Waals surface area contributed by atoms with Gasteiger partial charge in [0.15, 0.2) is 6.10 Å². The molecule has 2 rings (SSSR count). The number of nitrogens with one attached hydrogen (secondary N) is 1. The zero-order valence-electron chi connectivity index (χ0n) is 13.8. The third-order valence-electron chi connectivity index (χ3n) is 3.41. The van der Waals surface area contributed by atoms with Gasteiger partial charge in [-0.05, 0) is 38.3 Å². The number of amides is 1. The van der Waals surface area contributed by atoms with Crippen molar-refractivity contribution < 1.29 is 19.1 Å². The standard InChI is InChI=1S/C18H21NO4/c1-11(2)19-17(20)12(3)23-18(21)15-9-10-16(22-4)14-8-6-5-7-13(14)15/h5-12H,1-4H3,(H,19,20)/t12-/m0/s1. The first-order valence-corrected chi connectivity index (χ1v) is 7.51. The summed E-state index contributed by atoms with van der Waals surface area (Å²) in [7, 11) is 1.58. The van der Waals surface area contributed by atoms with Gasteiger partial charge >= 0.3 is 5.97 Å². The van der Waals surface area contributed by atoms with Crippen molar-refractivity contribution in [3.8, 4) is 5.75 Å². The summed E-state index contributed by atoms with van der Waals surface area (Å²) >= 11 is 0. The van der Waals surface area contributed by atoms with Gasteiger partial charge in [0, 0.05) is 11.4 Å². The molecular weight excluding hydrogens is 294 g/mol. The Kier molecular flexibility index (Phi) is 5.21. The Labute approximate surface area is 135 Å². The molecule has 0 bridgehead atoms. The largest absolute Gasteiger partial charge is 0.496 e. The van der Waals surface area contributed by atoms with E-state index in [9.17, 15) is 9.59 Å². The van der Waals surface area contributed by atoms with Crippen molar-refractivity contribution in [1.82, 2.24) is 5.32 Å². The molecule has 0 radical (unpaired) electrons. The van der Waals surface area contributed by atoms with Gasteiger partial charge in [-0.3, -0.25) is 4.79 Å². The van der Waals surface area contributed by atoms with Crippen LogP contribution in [0.5, 0.6) is 5.75 Å². The Morgan fingerprint density at radius 2 is 1.65 bits per heavy atom. The number of hydrogen-bond acceptors (Lipinski definition) is 4. The first kappa shape index (κ1) is 16.8. The summed E-state index contributed by atoms with van der Waals surface area (Å²) in [5, 5.41) is 4.27. The van der Waals surface area contributed by atoms with Crippen LogP contribution in [0.4, 0.5) is 0 Å². The molecule has 1 N–H and O–H groups in total. The van der Waals surface area contributed by atoms with Crippen molar-refractivity contribution >= 4 is 22.6 Å². The van der Waals surface area contributed by atoms with E-state index in [1.165, 1.54) is 0 Å². The molecule has 1 amide bonds. The topological polar surface area (TPSA) is 64.6 Å². The normalized spacial score (nSPS) is 12.0. The Morgan fingerprint density at radius 3 is 2.26 bits per heavy atom. The summed E-state index contributed by atoms with van der Waals surface area (Å²) in [5.41, 5.74) is 0.408. The maximum Gasteiger partial charge on any atom is 0.339 e. The first-order valence-electron chi connectivity index (χ1n) is 7.51. The Balaban J connectivity index is 2.27. The number of hydrogen-bond donors (Lipinski definition) is 1. The first-order chi connectivity index (χ1) is 10.9. The minimum atomic E-state index is -0.856. The van der Waals surface area contributed by atoms with E-state index >= 15 is 0 Å². The van der Waals surface area contributed by atoms with Crippen LogP contribution in [0.15, 0.2) is 36.4 Å². The van der Waals surface area contributed by atoms with Crippen LogP contribution in [-0.2, 0) is 9.53 Å². The van der Waals surface area contributed by atoms with Crippen molar-refractivity contribution in [2.45, 2.75) is 32.9 Å². The van der Waals surface area contributed by atoms with E-state index in [-0.39, 0.29) is 11.9 Å². The molecule has 23 heavy (non-hydrogen) atoms. The van der Waals surface area contributed by atoms with E-state index in [4.69, 9.17) is 9.47 Å². The van der Waals surface area contributed by atoms with Crippen LogP contribution in [0.3, 0.4) is 0 Å². The van der Waals surface area contributed by atoms with Crippen molar-refractivity contribution in [1.29, 1.82) is 0 Å². The van der Waals surface area contributed by atoms with Crippen molar-refractivity contribution in [2.24, 2.45) is 0 Å². The van der Waals surface area contributed by atoms with Gasteiger partial charge in [0.25, 0.3) is 5.91 Å². The number of rotatable bonds is 5. The fourth-order valence-corrected chi connectivity index (χ4v) is 2.31. The molecule has 5 heteroatoms. The molecule has 0 unspecified atom stereocenters. The van der Waals surface area contributed by atoms with E-state index in [0.29, 0.717) is 11.3 Å². The highest BCUT2D eigenvalue weighted by Crippen LogP contribution is 2.28. The summed E-state index contributed by atoms with van der Waals surface area (Å²) in [6.45, 7) is 5.26. The molecule has 2 aromatic carbocycles. The average Bonchev–Trinajstić information content (AvgIpc) is 2.52. The van der Waals surface area contributed by atoms with Crippen LogP contribution in [0.1, 0.15) is 31.1 Å². The fraction of sp³-hybridized carbons (Fsp3) is 0.333. The number of ether oxygens (including phenoxy) is 2. The molecule has 0 aromatic heterocycles. The number of carbonyl (C=O) groups is 2.